The summed E-state index contributed by atoms with van der Waals surface area (Å²) in [5, 5.41) is 14.8. The summed E-state index contributed by atoms with van der Waals surface area (Å²) in [4.78, 5) is 23.8. The summed E-state index contributed by atoms with van der Waals surface area (Å²) in [6.45, 7) is 1.98. The number of nitrogens with one attached hydrogen (secondary N) is 2. The Morgan fingerprint density at radius 1 is 1.18 bits per heavy atom. The smallest absolute Gasteiger partial charge is 0.222 e. The molecule has 2 amide bonds. The Kier molecular flexibility index (Phi) is 9.05. The lowest BCUT2D eigenvalue weighted by molar-refractivity contribution is -0.122. The molecule has 0 aromatic heterocycles. The highest BCUT2D eigenvalue weighted by atomic mass is 79.9. The maximum Gasteiger partial charge on any atom is 0.222 e. The van der Waals surface area contributed by atoms with E-state index in [1.807, 2.05) is 48.5 Å². The van der Waals surface area contributed by atoms with Gasteiger partial charge in [-0.3, -0.25) is 9.59 Å². The van der Waals surface area contributed by atoms with Crippen LogP contribution in [-0.2, 0) is 15.3 Å². The number of rotatable bonds is 9. The molecule has 0 bridgehead atoms. The van der Waals surface area contributed by atoms with Crippen LogP contribution in [0.25, 0.3) is 0 Å². The molecule has 2 rings (SSSR count). The fourth-order valence-electron chi connectivity index (χ4n) is 2.65. The van der Waals surface area contributed by atoms with E-state index in [2.05, 4.69) is 32.6 Å². The van der Waals surface area contributed by atoms with Crippen molar-refractivity contribution in [3.05, 3.63) is 69.7 Å². The number of nitrogens with zero attached hydrogens (tertiary/aromatic N) is 1. The first-order valence-electron chi connectivity index (χ1n) is 8.84. The zero-order chi connectivity index (χ0) is 20.4. The molecular weight excluding hydrogens is 438 g/mol. The minimum Gasteiger partial charge on any atom is -0.355 e. The highest BCUT2D eigenvalue weighted by Crippen LogP contribution is 2.20. The lowest BCUT2D eigenvalue weighted by Gasteiger charge is -2.18. The summed E-state index contributed by atoms with van der Waals surface area (Å²) in [6, 6.07) is 16.9. The van der Waals surface area contributed by atoms with Gasteiger partial charge in [0.25, 0.3) is 0 Å². The molecule has 0 spiro atoms. The fraction of sp³-hybridized carbons (Fsp3) is 0.286. The van der Waals surface area contributed by atoms with Gasteiger partial charge in [0.2, 0.25) is 11.8 Å². The summed E-state index contributed by atoms with van der Waals surface area (Å²) in [6.07, 6.45) is 0.184. The van der Waals surface area contributed by atoms with Gasteiger partial charge in [-0.15, -0.1) is 0 Å². The highest BCUT2D eigenvalue weighted by molar-refractivity contribution is 9.10. The van der Waals surface area contributed by atoms with E-state index < -0.39 is 0 Å². The van der Waals surface area contributed by atoms with Gasteiger partial charge in [0.05, 0.1) is 24.1 Å². The first-order chi connectivity index (χ1) is 13.5. The number of hydrogen-bond donors (Lipinski definition) is 2. The average Bonchev–Trinajstić information content (AvgIpc) is 2.67. The summed E-state index contributed by atoms with van der Waals surface area (Å²) < 4.78 is 0.942. The van der Waals surface area contributed by atoms with Crippen molar-refractivity contribution in [2.24, 2.45) is 0 Å². The Hall–Kier alpha value is -2.30. The molecule has 2 aromatic carbocycles. The first kappa shape index (κ1) is 22.0. The van der Waals surface area contributed by atoms with Gasteiger partial charge >= 0.3 is 0 Å². The molecule has 28 heavy (non-hydrogen) atoms. The lowest BCUT2D eigenvalue weighted by Crippen LogP contribution is -2.33. The number of benzene rings is 2. The average molecular weight is 460 g/mol. The molecule has 1 atom stereocenters. The van der Waals surface area contributed by atoms with E-state index in [0.717, 1.165) is 27.1 Å². The second kappa shape index (κ2) is 11.5. The Labute approximate surface area is 178 Å². The molecule has 1 unspecified atom stereocenters. The molecule has 0 heterocycles. The van der Waals surface area contributed by atoms with Crippen LogP contribution in [0.2, 0.25) is 0 Å². The largest absolute Gasteiger partial charge is 0.355 e. The standard InChI is InChI=1S/C21H22BrN3O2S/c1-15(26)25-20(16-6-8-19(22)9-7-16)12-21(27)24-10-11-28-14-18-5-3-2-4-17(18)13-23/h2-9,20H,10-12,14H2,1H3,(H,24,27)(H,25,26). The van der Waals surface area contributed by atoms with Crippen molar-refractivity contribution in [3.63, 3.8) is 0 Å². The van der Waals surface area contributed by atoms with Gasteiger partial charge in [-0.05, 0) is 29.3 Å². The summed E-state index contributed by atoms with van der Waals surface area (Å²) in [7, 11) is 0. The van der Waals surface area contributed by atoms with Gasteiger partial charge in [-0.1, -0.05) is 46.3 Å². The number of halogens is 1. The van der Waals surface area contributed by atoms with Gasteiger partial charge in [0, 0.05) is 29.4 Å². The Morgan fingerprint density at radius 2 is 1.89 bits per heavy atom. The number of carbonyl (C=O) groups is 2. The van der Waals surface area contributed by atoms with Crippen LogP contribution in [0.15, 0.2) is 53.0 Å². The number of carbonyl (C=O) groups excluding carboxylic acids is 2. The van der Waals surface area contributed by atoms with Crippen LogP contribution in [-0.4, -0.2) is 24.1 Å². The molecule has 146 valence electrons. The van der Waals surface area contributed by atoms with Crippen molar-refractivity contribution < 1.29 is 9.59 Å². The number of hydrogen-bond acceptors (Lipinski definition) is 4. The zero-order valence-electron chi connectivity index (χ0n) is 15.6. The molecule has 2 aromatic rings. The molecule has 0 fully saturated rings. The van der Waals surface area contributed by atoms with E-state index in [-0.39, 0.29) is 24.3 Å². The first-order valence-corrected chi connectivity index (χ1v) is 10.8. The monoisotopic (exact) mass is 459 g/mol. The molecule has 0 aliphatic carbocycles. The van der Waals surface area contributed by atoms with Crippen LogP contribution in [0.1, 0.15) is 36.1 Å². The predicted octanol–water partition coefficient (Wildman–Crippen LogP) is 3.94. The normalized spacial score (nSPS) is 11.3. The van der Waals surface area contributed by atoms with Crippen molar-refractivity contribution >= 4 is 39.5 Å². The highest BCUT2D eigenvalue weighted by Gasteiger charge is 2.17. The third-order valence-corrected chi connectivity index (χ3v) is 5.54. The number of thioether (sulfide) groups is 1. The van der Waals surface area contributed by atoms with Crippen LogP contribution in [0.3, 0.4) is 0 Å². The van der Waals surface area contributed by atoms with Gasteiger partial charge in [-0.2, -0.15) is 17.0 Å². The van der Waals surface area contributed by atoms with Crippen LogP contribution in [0.5, 0.6) is 0 Å². The topological polar surface area (TPSA) is 82.0 Å². The van der Waals surface area contributed by atoms with Gasteiger partial charge in [-0.25, -0.2) is 0 Å². The number of amides is 2. The quantitative estimate of drug-likeness (QED) is 0.556. The molecule has 5 nitrogen and oxygen atoms in total. The fourth-order valence-corrected chi connectivity index (χ4v) is 3.78. The molecule has 0 aliphatic heterocycles. The van der Waals surface area contributed by atoms with E-state index in [1.54, 1.807) is 11.8 Å². The Balaban J connectivity index is 1.78. The molecule has 7 heteroatoms. The van der Waals surface area contributed by atoms with E-state index >= 15 is 0 Å². The minimum absolute atomic E-state index is 0.111. The molecule has 0 saturated heterocycles. The van der Waals surface area contributed by atoms with Crippen molar-refractivity contribution in [2.45, 2.75) is 25.1 Å². The van der Waals surface area contributed by atoms with Crippen molar-refractivity contribution in [2.75, 3.05) is 12.3 Å². The van der Waals surface area contributed by atoms with E-state index in [9.17, 15) is 9.59 Å². The summed E-state index contributed by atoms with van der Waals surface area (Å²) >= 11 is 5.05. The van der Waals surface area contributed by atoms with E-state index in [0.29, 0.717) is 12.1 Å². The van der Waals surface area contributed by atoms with Crippen LogP contribution in [0.4, 0.5) is 0 Å². The summed E-state index contributed by atoms with van der Waals surface area (Å²) in [5.74, 6) is 1.19. The molecule has 0 saturated carbocycles. The van der Waals surface area contributed by atoms with E-state index in [1.165, 1.54) is 6.92 Å². The third kappa shape index (κ3) is 7.37. The van der Waals surface area contributed by atoms with Crippen molar-refractivity contribution in [1.82, 2.24) is 10.6 Å². The van der Waals surface area contributed by atoms with Crippen LogP contribution in [0, 0.1) is 11.3 Å². The number of nitriles is 1. The van der Waals surface area contributed by atoms with Crippen molar-refractivity contribution in [3.8, 4) is 6.07 Å². The maximum absolute atomic E-state index is 12.3. The van der Waals surface area contributed by atoms with E-state index in [4.69, 9.17) is 5.26 Å². The predicted molar refractivity (Wildman–Crippen MR) is 116 cm³/mol. The van der Waals surface area contributed by atoms with Gasteiger partial charge in [0.15, 0.2) is 0 Å². The second-order valence-corrected chi connectivity index (χ2v) is 8.20. The van der Waals surface area contributed by atoms with Gasteiger partial charge in [0.1, 0.15) is 0 Å². The maximum atomic E-state index is 12.3. The zero-order valence-corrected chi connectivity index (χ0v) is 18.0. The molecule has 0 radical (unpaired) electrons. The SMILES string of the molecule is CC(=O)NC(CC(=O)NCCSCc1ccccc1C#N)c1ccc(Br)cc1. The molecule has 0 aliphatic rings. The lowest BCUT2D eigenvalue weighted by atomic mass is 10.0. The van der Waals surface area contributed by atoms with Crippen molar-refractivity contribution in [1.29, 1.82) is 5.26 Å². The summed E-state index contributed by atoms with van der Waals surface area (Å²) in [5.41, 5.74) is 2.57. The van der Waals surface area contributed by atoms with Crippen LogP contribution < -0.4 is 10.6 Å². The molecule has 2 N–H and O–H groups in total. The second-order valence-electron chi connectivity index (χ2n) is 6.18. The Morgan fingerprint density at radius 3 is 2.57 bits per heavy atom. The van der Waals surface area contributed by atoms with Gasteiger partial charge < -0.3 is 10.6 Å². The van der Waals surface area contributed by atoms with Crippen LogP contribution >= 0.6 is 27.7 Å². The minimum atomic E-state index is -0.360. The Bertz CT molecular complexity index is 849. The molecular formula is C21H22BrN3O2S. The third-order valence-electron chi connectivity index (χ3n) is 4.00.